The number of fused-ring (bicyclic) bond motifs is 1. The molecule has 0 fully saturated rings. The number of hydrogen-bond donors (Lipinski definition) is 1. The minimum absolute atomic E-state index is 0.0918. The highest BCUT2D eigenvalue weighted by atomic mass is 32.1. The number of aromatic nitrogens is 4. The Labute approximate surface area is 119 Å². The summed E-state index contributed by atoms with van der Waals surface area (Å²) < 4.78 is 3.08. The zero-order chi connectivity index (χ0) is 14.4. The fourth-order valence-corrected chi connectivity index (χ4v) is 3.24. The van der Waals surface area contributed by atoms with Gasteiger partial charge in [0, 0.05) is 24.3 Å². The predicted octanol–water partition coefficient (Wildman–Crippen LogP) is 1.44. The molecule has 0 spiro atoms. The first-order chi connectivity index (χ1) is 9.47. The molecule has 0 saturated carbocycles. The summed E-state index contributed by atoms with van der Waals surface area (Å²) in [5, 5.41) is 0.927. The van der Waals surface area contributed by atoms with Crippen molar-refractivity contribution in [3.63, 3.8) is 0 Å². The first kappa shape index (κ1) is 12.9. The van der Waals surface area contributed by atoms with E-state index in [0.717, 1.165) is 15.8 Å². The van der Waals surface area contributed by atoms with Crippen molar-refractivity contribution in [3.05, 3.63) is 39.1 Å². The van der Waals surface area contributed by atoms with Crippen molar-refractivity contribution in [1.82, 2.24) is 19.1 Å². The zero-order valence-corrected chi connectivity index (χ0v) is 12.4. The molecular weight excluding hydrogens is 274 g/mol. The average Bonchev–Trinajstić information content (AvgIpc) is 2.84. The van der Waals surface area contributed by atoms with Gasteiger partial charge in [-0.2, -0.15) is 0 Å². The number of nitrogens with zero attached hydrogens (tertiary/aromatic N) is 4. The van der Waals surface area contributed by atoms with Crippen molar-refractivity contribution >= 4 is 27.4 Å². The lowest BCUT2D eigenvalue weighted by atomic mass is 10.2. The van der Waals surface area contributed by atoms with Crippen LogP contribution in [0, 0.1) is 13.8 Å². The number of rotatable bonds is 2. The van der Waals surface area contributed by atoms with E-state index in [0.29, 0.717) is 18.2 Å². The third-order valence-electron chi connectivity index (χ3n) is 3.43. The Hall–Kier alpha value is -2.15. The van der Waals surface area contributed by atoms with E-state index in [1.807, 2.05) is 13.8 Å². The van der Waals surface area contributed by atoms with Gasteiger partial charge in [-0.05, 0) is 19.4 Å². The molecule has 0 atom stereocenters. The van der Waals surface area contributed by atoms with Crippen molar-refractivity contribution < 1.29 is 0 Å². The Balaban J connectivity index is 2.09. The van der Waals surface area contributed by atoms with Crippen LogP contribution < -0.4 is 11.4 Å². The van der Waals surface area contributed by atoms with Crippen LogP contribution in [0.5, 0.6) is 0 Å². The van der Waals surface area contributed by atoms with Gasteiger partial charge in [0.2, 0.25) is 0 Å². The highest BCUT2D eigenvalue weighted by molar-refractivity contribution is 7.18. The zero-order valence-electron chi connectivity index (χ0n) is 11.5. The molecule has 6 nitrogen and oxygen atoms in total. The van der Waals surface area contributed by atoms with Crippen molar-refractivity contribution in [3.8, 4) is 0 Å². The summed E-state index contributed by atoms with van der Waals surface area (Å²) in [6.45, 7) is 4.40. The van der Waals surface area contributed by atoms with Crippen molar-refractivity contribution in [1.29, 1.82) is 0 Å². The molecule has 0 aromatic carbocycles. The molecule has 0 aliphatic rings. The first-order valence-corrected chi connectivity index (χ1v) is 7.03. The molecule has 2 N–H and O–H groups in total. The van der Waals surface area contributed by atoms with E-state index in [1.54, 1.807) is 35.3 Å². The van der Waals surface area contributed by atoms with Crippen molar-refractivity contribution in [2.45, 2.75) is 20.4 Å². The van der Waals surface area contributed by atoms with Gasteiger partial charge in [0.1, 0.15) is 10.6 Å². The van der Waals surface area contributed by atoms with Gasteiger partial charge < -0.3 is 10.3 Å². The summed E-state index contributed by atoms with van der Waals surface area (Å²) in [4.78, 5) is 22.7. The normalized spacial score (nSPS) is 11.3. The van der Waals surface area contributed by atoms with Crippen LogP contribution in [-0.4, -0.2) is 19.1 Å². The Morgan fingerprint density at radius 1 is 1.30 bits per heavy atom. The molecule has 0 saturated heterocycles. The molecule has 20 heavy (non-hydrogen) atoms. The SMILES string of the molecule is Cc1sc2nc(Cn3ccn(C)c3=O)nc(N)c2c1C. The average molecular weight is 289 g/mol. The Bertz CT molecular complexity index is 858. The molecule has 0 amide bonds. The van der Waals surface area contributed by atoms with Crippen LogP contribution >= 0.6 is 11.3 Å². The molecule has 3 heterocycles. The van der Waals surface area contributed by atoms with Crippen LogP contribution in [0.4, 0.5) is 5.82 Å². The van der Waals surface area contributed by atoms with E-state index in [4.69, 9.17) is 5.73 Å². The third-order valence-corrected chi connectivity index (χ3v) is 4.53. The topological polar surface area (TPSA) is 78.7 Å². The van der Waals surface area contributed by atoms with Crippen LogP contribution in [0.25, 0.3) is 10.2 Å². The third kappa shape index (κ3) is 1.90. The van der Waals surface area contributed by atoms with Crippen LogP contribution in [0.1, 0.15) is 16.3 Å². The van der Waals surface area contributed by atoms with Gasteiger partial charge in [-0.15, -0.1) is 11.3 Å². The number of thiophene rings is 1. The Morgan fingerprint density at radius 3 is 2.70 bits per heavy atom. The van der Waals surface area contributed by atoms with E-state index < -0.39 is 0 Å². The predicted molar refractivity (Wildman–Crippen MR) is 80.1 cm³/mol. The Morgan fingerprint density at radius 2 is 2.05 bits per heavy atom. The smallest absolute Gasteiger partial charge is 0.328 e. The fourth-order valence-electron chi connectivity index (χ4n) is 2.18. The van der Waals surface area contributed by atoms with Crippen molar-refractivity contribution in [2.24, 2.45) is 7.05 Å². The summed E-state index contributed by atoms with van der Waals surface area (Å²) >= 11 is 1.60. The van der Waals surface area contributed by atoms with E-state index in [1.165, 1.54) is 9.44 Å². The highest BCUT2D eigenvalue weighted by Crippen LogP contribution is 2.31. The molecule has 3 rings (SSSR count). The van der Waals surface area contributed by atoms with Gasteiger partial charge in [0.05, 0.1) is 11.9 Å². The number of nitrogens with two attached hydrogens (primary N) is 1. The van der Waals surface area contributed by atoms with E-state index in [-0.39, 0.29) is 5.69 Å². The minimum atomic E-state index is -0.0918. The lowest BCUT2D eigenvalue weighted by Crippen LogP contribution is -2.23. The largest absolute Gasteiger partial charge is 0.383 e. The lowest BCUT2D eigenvalue weighted by molar-refractivity contribution is 0.691. The van der Waals surface area contributed by atoms with E-state index in [9.17, 15) is 4.79 Å². The number of nitrogen functional groups attached to an aromatic ring is 1. The van der Waals surface area contributed by atoms with Gasteiger partial charge in [-0.25, -0.2) is 14.8 Å². The van der Waals surface area contributed by atoms with E-state index >= 15 is 0 Å². The van der Waals surface area contributed by atoms with Gasteiger partial charge in [0.15, 0.2) is 5.82 Å². The molecule has 7 heteroatoms. The number of imidazole rings is 1. The van der Waals surface area contributed by atoms with Crippen LogP contribution in [-0.2, 0) is 13.6 Å². The Kier molecular flexibility index (Phi) is 2.86. The first-order valence-electron chi connectivity index (χ1n) is 6.21. The summed E-state index contributed by atoms with van der Waals surface area (Å²) in [5.41, 5.74) is 7.07. The maximum atomic E-state index is 11.8. The molecule has 104 valence electrons. The summed E-state index contributed by atoms with van der Waals surface area (Å²) in [6.07, 6.45) is 3.43. The maximum absolute atomic E-state index is 11.8. The van der Waals surface area contributed by atoms with Gasteiger partial charge >= 0.3 is 5.69 Å². The van der Waals surface area contributed by atoms with Crippen LogP contribution in [0.2, 0.25) is 0 Å². The highest BCUT2D eigenvalue weighted by Gasteiger charge is 2.13. The van der Waals surface area contributed by atoms with Crippen LogP contribution in [0.3, 0.4) is 0 Å². The standard InChI is InChI=1S/C13H15N5OS/c1-7-8(2)20-12-10(7)11(14)15-9(16-12)6-18-5-4-17(3)13(18)19/h4-5H,6H2,1-3H3,(H2,14,15,16). The monoisotopic (exact) mass is 289 g/mol. The van der Waals surface area contributed by atoms with Gasteiger partial charge in [-0.1, -0.05) is 0 Å². The molecule has 0 aliphatic carbocycles. The van der Waals surface area contributed by atoms with Gasteiger partial charge in [0.25, 0.3) is 0 Å². The van der Waals surface area contributed by atoms with E-state index in [2.05, 4.69) is 9.97 Å². The van der Waals surface area contributed by atoms with Crippen LogP contribution in [0.15, 0.2) is 17.2 Å². The maximum Gasteiger partial charge on any atom is 0.328 e. The number of aryl methyl sites for hydroxylation is 3. The summed E-state index contributed by atoms with van der Waals surface area (Å²) in [7, 11) is 1.71. The molecular formula is C13H15N5OS. The number of hydrogen-bond acceptors (Lipinski definition) is 5. The van der Waals surface area contributed by atoms with Gasteiger partial charge in [-0.3, -0.25) is 4.57 Å². The summed E-state index contributed by atoms with van der Waals surface area (Å²) in [6, 6.07) is 0. The second-order valence-corrected chi connectivity index (χ2v) is 6.01. The molecule has 0 unspecified atom stereocenters. The molecule has 0 radical (unpaired) electrons. The minimum Gasteiger partial charge on any atom is -0.383 e. The quantitative estimate of drug-likeness (QED) is 0.774. The molecule has 3 aromatic heterocycles. The lowest BCUT2D eigenvalue weighted by Gasteiger charge is -2.03. The second kappa shape index (κ2) is 4.45. The molecule has 0 bridgehead atoms. The number of anilines is 1. The molecule has 3 aromatic rings. The fraction of sp³-hybridized carbons (Fsp3) is 0.308. The summed E-state index contributed by atoms with van der Waals surface area (Å²) in [5.74, 6) is 1.04. The molecule has 0 aliphatic heterocycles. The second-order valence-electron chi connectivity index (χ2n) is 4.81. The van der Waals surface area contributed by atoms with Crippen molar-refractivity contribution in [2.75, 3.05) is 5.73 Å².